The third-order valence-electron chi connectivity index (χ3n) is 2.94. The average Bonchev–Trinajstić information content (AvgIpc) is 2.35. The third-order valence-corrected chi connectivity index (χ3v) is 2.94. The number of nitrogens with two attached hydrogens (primary N) is 1. The highest BCUT2D eigenvalue weighted by molar-refractivity contribution is 5.11. The fourth-order valence-electron chi connectivity index (χ4n) is 1.83. The van der Waals surface area contributed by atoms with E-state index < -0.39 is 0 Å². The molecule has 1 aliphatic carbocycles. The van der Waals surface area contributed by atoms with Crippen molar-refractivity contribution in [2.45, 2.75) is 38.1 Å². The summed E-state index contributed by atoms with van der Waals surface area (Å²) in [6.07, 6.45) is 6.60. The molecule has 1 aromatic heterocycles. The van der Waals surface area contributed by atoms with Gasteiger partial charge >= 0.3 is 0 Å². The molecule has 4 nitrogen and oxygen atoms in total. The van der Waals surface area contributed by atoms with Gasteiger partial charge in [0.25, 0.3) is 0 Å². The molecule has 4 heteroatoms. The van der Waals surface area contributed by atoms with Crippen LogP contribution < -0.4 is 5.73 Å². The SMILES string of the molecule is CCC1(n2cnc(N)n2)CCC1. The summed E-state index contributed by atoms with van der Waals surface area (Å²) in [5.41, 5.74) is 5.71. The second-order valence-electron chi connectivity index (χ2n) is 3.48. The van der Waals surface area contributed by atoms with Crippen LogP contribution in [0.2, 0.25) is 0 Å². The molecule has 0 aromatic carbocycles. The average molecular weight is 166 g/mol. The summed E-state index contributed by atoms with van der Waals surface area (Å²) in [7, 11) is 0. The molecular weight excluding hydrogens is 152 g/mol. The lowest BCUT2D eigenvalue weighted by atomic mass is 9.75. The summed E-state index contributed by atoms with van der Waals surface area (Å²) in [5.74, 6) is 0.384. The fraction of sp³-hybridized carbons (Fsp3) is 0.750. The van der Waals surface area contributed by atoms with Crippen molar-refractivity contribution in [3.05, 3.63) is 6.33 Å². The minimum Gasteiger partial charge on any atom is -0.367 e. The van der Waals surface area contributed by atoms with Crippen LogP contribution in [0, 0.1) is 0 Å². The molecule has 1 aliphatic rings. The van der Waals surface area contributed by atoms with Gasteiger partial charge in [0.1, 0.15) is 6.33 Å². The maximum absolute atomic E-state index is 5.47. The fourth-order valence-corrected chi connectivity index (χ4v) is 1.83. The Morgan fingerprint density at radius 3 is 2.75 bits per heavy atom. The van der Waals surface area contributed by atoms with Gasteiger partial charge in [0.05, 0.1) is 5.54 Å². The first-order valence-corrected chi connectivity index (χ1v) is 4.44. The molecular formula is C8H14N4. The van der Waals surface area contributed by atoms with Crippen LogP contribution in [0.15, 0.2) is 6.33 Å². The van der Waals surface area contributed by atoms with Gasteiger partial charge in [-0.1, -0.05) is 6.92 Å². The zero-order valence-electron chi connectivity index (χ0n) is 7.32. The molecule has 0 bridgehead atoms. The van der Waals surface area contributed by atoms with Crippen LogP contribution in [0.3, 0.4) is 0 Å². The Hall–Kier alpha value is -1.06. The second kappa shape index (κ2) is 2.47. The van der Waals surface area contributed by atoms with Gasteiger partial charge < -0.3 is 5.73 Å². The maximum Gasteiger partial charge on any atom is 0.239 e. The van der Waals surface area contributed by atoms with Gasteiger partial charge in [-0.25, -0.2) is 9.67 Å². The van der Waals surface area contributed by atoms with Crippen LogP contribution in [0.4, 0.5) is 5.95 Å². The largest absolute Gasteiger partial charge is 0.367 e. The van der Waals surface area contributed by atoms with Gasteiger partial charge in [-0.2, -0.15) is 0 Å². The van der Waals surface area contributed by atoms with Crippen molar-refractivity contribution < 1.29 is 0 Å². The molecule has 0 amide bonds. The van der Waals surface area contributed by atoms with Gasteiger partial charge in [0.15, 0.2) is 0 Å². The standard InChI is InChI=1S/C8H14N4/c1-2-8(4-3-5-8)12-6-10-7(9)11-12/h6H,2-5H2,1H3,(H2,9,11). The zero-order valence-corrected chi connectivity index (χ0v) is 7.32. The van der Waals surface area contributed by atoms with Crippen molar-refractivity contribution in [3.63, 3.8) is 0 Å². The lowest BCUT2D eigenvalue weighted by Crippen LogP contribution is -2.40. The third kappa shape index (κ3) is 0.906. The van der Waals surface area contributed by atoms with Gasteiger partial charge in [0, 0.05) is 0 Å². The first-order chi connectivity index (χ1) is 5.77. The van der Waals surface area contributed by atoms with E-state index in [1.165, 1.54) is 19.3 Å². The number of anilines is 1. The van der Waals surface area contributed by atoms with E-state index in [4.69, 9.17) is 5.73 Å². The summed E-state index contributed by atoms with van der Waals surface area (Å²) < 4.78 is 1.94. The maximum atomic E-state index is 5.47. The Labute approximate surface area is 71.8 Å². The Balaban J connectivity index is 2.27. The summed E-state index contributed by atoms with van der Waals surface area (Å²) in [6, 6.07) is 0. The number of nitrogen functional groups attached to an aromatic ring is 1. The summed E-state index contributed by atoms with van der Waals surface area (Å²) in [4.78, 5) is 3.94. The molecule has 0 unspecified atom stereocenters. The van der Waals surface area contributed by atoms with Crippen LogP contribution >= 0.6 is 0 Å². The number of hydrogen-bond acceptors (Lipinski definition) is 3. The monoisotopic (exact) mass is 166 g/mol. The van der Waals surface area contributed by atoms with E-state index in [1.807, 2.05) is 4.68 Å². The summed E-state index contributed by atoms with van der Waals surface area (Å²) in [5, 5.41) is 4.16. The Morgan fingerprint density at radius 2 is 2.42 bits per heavy atom. The van der Waals surface area contributed by atoms with E-state index >= 15 is 0 Å². The van der Waals surface area contributed by atoms with E-state index in [2.05, 4.69) is 17.0 Å². The van der Waals surface area contributed by atoms with Crippen molar-refractivity contribution in [1.29, 1.82) is 0 Å². The van der Waals surface area contributed by atoms with Crippen LogP contribution in [-0.2, 0) is 5.54 Å². The molecule has 1 aromatic rings. The van der Waals surface area contributed by atoms with Crippen LogP contribution in [0.25, 0.3) is 0 Å². The first kappa shape index (κ1) is 7.58. The lowest BCUT2D eigenvalue weighted by Gasteiger charge is -2.40. The van der Waals surface area contributed by atoms with Gasteiger partial charge in [0.2, 0.25) is 5.95 Å². The lowest BCUT2D eigenvalue weighted by molar-refractivity contribution is 0.118. The van der Waals surface area contributed by atoms with E-state index in [0.29, 0.717) is 5.95 Å². The number of hydrogen-bond donors (Lipinski definition) is 1. The van der Waals surface area contributed by atoms with E-state index in [9.17, 15) is 0 Å². The molecule has 1 fully saturated rings. The second-order valence-corrected chi connectivity index (χ2v) is 3.48. The van der Waals surface area contributed by atoms with Crippen LogP contribution in [-0.4, -0.2) is 14.8 Å². The Kier molecular flexibility index (Phi) is 1.56. The molecule has 2 N–H and O–H groups in total. The van der Waals surface area contributed by atoms with Crippen molar-refractivity contribution in [1.82, 2.24) is 14.8 Å². The van der Waals surface area contributed by atoms with E-state index in [-0.39, 0.29) is 5.54 Å². The summed E-state index contributed by atoms with van der Waals surface area (Å²) in [6.45, 7) is 2.19. The first-order valence-electron chi connectivity index (χ1n) is 4.44. The summed E-state index contributed by atoms with van der Waals surface area (Å²) >= 11 is 0. The van der Waals surface area contributed by atoms with Crippen molar-refractivity contribution >= 4 is 5.95 Å². The zero-order chi connectivity index (χ0) is 8.60. The van der Waals surface area contributed by atoms with Crippen LogP contribution in [0.5, 0.6) is 0 Å². The van der Waals surface area contributed by atoms with E-state index in [1.54, 1.807) is 6.33 Å². The molecule has 2 rings (SSSR count). The number of aromatic nitrogens is 3. The molecule has 0 spiro atoms. The molecule has 0 aliphatic heterocycles. The molecule has 0 radical (unpaired) electrons. The van der Waals surface area contributed by atoms with Gasteiger partial charge in [-0.05, 0) is 25.7 Å². The Bertz CT molecular complexity index is 269. The molecule has 12 heavy (non-hydrogen) atoms. The Morgan fingerprint density at radius 1 is 1.67 bits per heavy atom. The topological polar surface area (TPSA) is 56.7 Å². The predicted octanol–water partition coefficient (Wildman–Crippen LogP) is 1.15. The minimum atomic E-state index is 0.241. The highest BCUT2D eigenvalue weighted by atomic mass is 15.4. The van der Waals surface area contributed by atoms with Crippen molar-refractivity contribution in [2.75, 3.05) is 5.73 Å². The van der Waals surface area contributed by atoms with E-state index in [0.717, 1.165) is 6.42 Å². The molecule has 0 saturated heterocycles. The number of rotatable bonds is 2. The highest BCUT2D eigenvalue weighted by Crippen LogP contribution is 2.41. The van der Waals surface area contributed by atoms with Crippen LogP contribution in [0.1, 0.15) is 32.6 Å². The normalized spacial score (nSPS) is 20.4. The predicted molar refractivity (Wildman–Crippen MR) is 46.6 cm³/mol. The number of nitrogens with zero attached hydrogens (tertiary/aromatic N) is 3. The van der Waals surface area contributed by atoms with Gasteiger partial charge in [-0.15, -0.1) is 5.10 Å². The highest BCUT2D eigenvalue weighted by Gasteiger charge is 2.37. The van der Waals surface area contributed by atoms with Gasteiger partial charge in [-0.3, -0.25) is 0 Å². The smallest absolute Gasteiger partial charge is 0.239 e. The van der Waals surface area contributed by atoms with Crippen molar-refractivity contribution in [3.8, 4) is 0 Å². The van der Waals surface area contributed by atoms with Crippen molar-refractivity contribution in [2.24, 2.45) is 0 Å². The molecule has 1 saturated carbocycles. The molecule has 1 heterocycles. The quantitative estimate of drug-likeness (QED) is 0.717. The molecule has 0 atom stereocenters. The minimum absolute atomic E-state index is 0.241. The molecule has 66 valence electrons.